The Hall–Kier alpha value is -2.96. The Bertz CT molecular complexity index is 895. The molecule has 1 aromatic rings. The van der Waals surface area contributed by atoms with Gasteiger partial charge in [-0.15, -0.1) is 6.58 Å². The number of nitrogens with one attached hydrogen (secondary N) is 2. The van der Waals surface area contributed by atoms with Gasteiger partial charge in [0.25, 0.3) is 5.91 Å². The summed E-state index contributed by atoms with van der Waals surface area (Å²) >= 11 is 0. The third-order valence-corrected chi connectivity index (χ3v) is 7.22. The van der Waals surface area contributed by atoms with E-state index in [-0.39, 0.29) is 24.3 Å². The highest BCUT2D eigenvalue weighted by Gasteiger charge is 2.41. The van der Waals surface area contributed by atoms with Crippen LogP contribution in [-0.4, -0.2) is 53.6 Å². The fourth-order valence-corrected chi connectivity index (χ4v) is 5.32. The number of carbonyl (C=O) groups excluding carboxylic acids is 4. The van der Waals surface area contributed by atoms with Crippen molar-refractivity contribution in [3.63, 3.8) is 0 Å². The van der Waals surface area contributed by atoms with Crippen LogP contribution in [0.1, 0.15) is 76.2 Å². The number of ketones is 1. The maximum Gasteiger partial charge on any atom is 0.289 e. The van der Waals surface area contributed by atoms with Gasteiger partial charge in [0, 0.05) is 25.4 Å². The number of rotatable bonds is 11. The predicted molar refractivity (Wildman–Crippen MR) is 136 cm³/mol. The molecule has 3 atom stereocenters. The lowest BCUT2D eigenvalue weighted by Crippen LogP contribution is -2.53. The average molecular weight is 482 g/mol. The second-order valence-corrected chi connectivity index (χ2v) is 9.83. The van der Waals surface area contributed by atoms with Crippen LogP contribution < -0.4 is 10.6 Å². The van der Waals surface area contributed by atoms with Gasteiger partial charge in [0.15, 0.2) is 0 Å². The molecule has 190 valence electrons. The first-order chi connectivity index (χ1) is 16.9. The van der Waals surface area contributed by atoms with E-state index in [9.17, 15) is 19.2 Å². The van der Waals surface area contributed by atoms with E-state index in [1.807, 2.05) is 37.3 Å². The van der Waals surface area contributed by atoms with Gasteiger partial charge in [-0.25, -0.2) is 0 Å². The summed E-state index contributed by atoms with van der Waals surface area (Å²) in [4.78, 5) is 53.5. The van der Waals surface area contributed by atoms with Crippen LogP contribution >= 0.6 is 0 Å². The van der Waals surface area contributed by atoms with Crippen molar-refractivity contribution in [2.75, 3.05) is 13.1 Å². The summed E-state index contributed by atoms with van der Waals surface area (Å²) in [5.74, 6) is -1.32. The topological polar surface area (TPSA) is 95.6 Å². The zero-order chi connectivity index (χ0) is 25.2. The van der Waals surface area contributed by atoms with Crippen molar-refractivity contribution in [2.45, 2.75) is 82.7 Å². The smallest absolute Gasteiger partial charge is 0.289 e. The molecule has 1 aromatic carbocycles. The molecule has 0 bridgehead atoms. The first-order valence-corrected chi connectivity index (χ1v) is 13.0. The number of likely N-dealkylation sites (tertiary alicyclic amines) is 1. The minimum absolute atomic E-state index is 0.0116. The Morgan fingerprint density at radius 1 is 1.11 bits per heavy atom. The van der Waals surface area contributed by atoms with Crippen molar-refractivity contribution in [2.24, 2.45) is 5.92 Å². The van der Waals surface area contributed by atoms with Gasteiger partial charge in [0.2, 0.25) is 17.6 Å². The van der Waals surface area contributed by atoms with E-state index < -0.39 is 23.8 Å². The predicted octanol–water partition coefficient (Wildman–Crippen LogP) is 3.50. The largest absolute Gasteiger partial charge is 0.346 e. The standard InChI is InChI=1S/C28H39N3O4/c1-3-11-23(26(33)28(35)29-16-4-2)30-27(34)24-18-22(21-14-9-6-10-15-21)19-31(24)25(32)17-20-12-7-5-8-13-20/h4,6,9-10,14-15,20,22-24H,2-3,5,7-8,11-13,16-19H2,1H3,(H,29,35)(H,30,34)/t22?,23?,24-/m0/s1. The molecule has 3 amide bonds. The normalized spacial score (nSPS) is 21.2. The highest BCUT2D eigenvalue weighted by molar-refractivity contribution is 6.38. The highest BCUT2D eigenvalue weighted by Crippen LogP contribution is 2.34. The molecule has 0 spiro atoms. The molecule has 1 aliphatic heterocycles. The summed E-state index contributed by atoms with van der Waals surface area (Å²) in [6.07, 6.45) is 9.11. The maximum atomic E-state index is 13.5. The summed E-state index contributed by atoms with van der Waals surface area (Å²) in [5, 5.41) is 5.30. The summed E-state index contributed by atoms with van der Waals surface area (Å²) in [5.41, 5.74) is 1.10. The summed E-state index contributed by atoms with van der Waals surface area (Å²) in [6, 6.07) is 8.38. The van der Waals surface area contributed by atoms with Gasteiger partial charge in [-0.1, -0.05) is 69.0 Å². The van der Waals surface area contributed by atoms with E-state index >= 15 is 0 Å². The lowest BCUT2D eigenvalue weighted by atomic mass is 9.86. The number of carbonyl (C=O) groups is 4. The maximum absolute atomic E-state index is 13.5. The van der Waals surface area contributed by atoms with Gasteiger partial charge < -0.3 is 15.5 Å². The summed E-state index contributed by atoms with van der Waals surface area (Å²) < 4.78 is 0. The number of hydrogen-bond acceptors (Lipinski definition) is 4. The minimum atomic E-state index is -0.914. The van der Waals surface area contributed by atoms with Crippen LogP contribution in [-0.2, 0) is 19.2 Å². The zero-order valence-corrected chi connectivity index (χ0v) is 20.8. The van der Waals surface area contributed by atoms with E-state index in [0.717, 1.165) is 31.2 Å². The van der Waals surface area contributed by atoms with Crippen molar-refractivity contribution >= 4 is 23.5 Å². The molecule has 1 heterocycles. The van der Waals surface area contributed by atoms with E-state index in [1.165, 1.54) is 12.5 Å². The quantitative estimate of drug-likeness (QED) is 0.374. The summed E-state index contributed by atoms with van der Waals surface area (Å²) in [6.45, 7) is 6.11. The van der Waals surface area contributed by atoms with Gasteiger partial charge in [-0.2, -0.15) is 0 Å². The molecule has 2 fully saturated rings. The van der Waals surface area contributed by atoms with E-state index in [4.69, 9.17) is 0 Å². The fourth-order valence-electron chi connectivity index (χ4n) is 5.32. The number of nitrogens with zero attached hydrogens (tertiary/aromatic N) is 1. The van der Waals surface area contributed by atoms with Gasteiger partial charge in [-0.05, 0) is 37.2 Å². The van der Waals surface area contributed by atoms with Crippen LogP contribution in [0.5, 0.6) is 0 Å². The third-order valence-electron chi connectivity index (χ3n) is 7.22. The van der Waals surface area contributed by atoms with Crippen LogP contribution in [0, 0.1) is 5.92 Å². The van der Waals surface area contributed by atoms with Crippen molar-refractivity contribution in [3.8, 4) is 0 Å². The Kier molecular flexibility index (Phi) is 10.1. The molecule has 7 nitrogen and oxygen atoms in total. The lowest BCUT2D eigenvalue weighted by Gasteiger charge is -2.28. The van der Waals surface area contributed by atoms with E-state index in [1.54, 1.807) is 4.90 Å². The molecule has 7 heteroatoms. The lowest BCUT2D eigenvalue weighted by molar-refractivity contribution is -0.142. The van der Waals surface area contributed by atoms with Crippen LogP contribution in [0.3, 0.4) is 0 Å². The molecular formula is C28H39N3O4. The van der Waals surface area contributed by atoms with Crippen molar-refractivity contribution in [3.05, 3.63) is 48.6 Å². The van der Waals surface area contributed by atoms with Gasteiger partial charge >= 0.3 is 0 Å². The molecular weight excluding hydrogens is 442 g/mol. The second kappa shape index (κ2) is 13.2. The Balaban J connectivity index is 1.75. The van der Waals surface area contributed by atoms with Crippen molar-refractivity contribution in [1.82, 2.24) is 15.5 Å². The first kappa shape index (κ1) is 26.6. The SMILES string of the molecule is C=CCNC(=O)C(=O)C(CCC)NC(=O)[C@@H]1CC(c2ccccc2)CN1C(=O)CC1CCCCC1. The number of hydrogen-bond donors (Lipinski definition) is 2. The van der Waals surface area contributed by atoms with Crippen LogP contribution in [0.4, 0.5) is 0 Å². The first-order valence-electron chi connectivity index (χ1n) is 13.0. The molecule has 3 rings (SSSR count). The second-order valence-electron chi connectivity index (χ2n) is 9.83. The Labute approximate surface area is 208 Å². The van der Waals surface area contributed by atoms with Crippen molar-refractivity contribution in [1.29, 1.82) is 0 Å². The molecule has 0 aromatic heterocycles. The monoisotopic (exact) mass is 481 g/mol. The molecule has 2 aliphatic rings. The molecule has 0 radical (unpaired) electrons. The number of benzene rings is 1. The van der Waals surface area contributed by atoms with Gasteiger partial charge in [0.1, 0.15) is 6.04 Å². The molecule has 2 N–H and O–H groups in total. The average Bonchev–Trinajstić information content (AvgIpc) is 3.34. The number of amides is 3. The Morgan fingerprint density at radius 3 is 2.49 bits per heavy atom. The highest BCUT2D eigenvalue weighted by atomic mass is 16.2. The Morgan fingerprint density at radius 2 is 1.83 bits per heavy atom. The van der Waals surface area contributed by atoms with Gasteiger partial charge in [0.05, 0.1) is 6.04 Å². The van der Waals surface area contributed by atoms with Crippen LogP contribution in [0.25, 0.3) is 0 Å². The van der Waals surface area contributed by atoms with Gasteiger partial charge in [-0.3, -0.25) is 19.2 Å². The molecule has 1 aliphatic carbocycles. The summed E-state index contributed by atoms with van der Waals surface area (Å²) in [7, 11) is 0. The fraction of sp³-hybridized carbons (Fsp3) is 0.571. The zero-order valence-electron chi connectivity index (χ0n) is 20.8. The van der Waals surface area contributed by atoms with Crippen LogP contribution in [0.15, 0.2) is 43.0 Å². The molecule has 1 saturated carbocycles. The van der Waals surface area contributed by atoms with E-state index in [0.29, 0.717) is 38.1 Å². The minimum Gasteiger partial charge on any atom is -0.346 e. The molecule has 35 heavy (non-hydrogen) atoms. The molecule has 1 saturated heterocycles. The van der Waals surface area contributed by atoms with E-state index in [2.05, 4.69) is 17.2 Å². The van der Waals surface area contributed by atoms with Crippen molar-refractivity contribution < 1.29 is 19.2 Å². The van der Waals surface area contributed by atoms with Crippen LogP contribution in [0.2, 0.25) is 0 Å². The third kappa shape index (κ3) is 7.26. The number of Topliss-reactive ketones (excluding diaryl/α,β-unsaturated/α-hetero) is 1. The molecule has 2 unspecified atom stereocenters.